The highest BCUT2D eigenvalue weighted by Gasteiger charge is 2.19. The molecule has 0 atom stereocenters. The molecule has 0 bridgehead atoms. The van der Waals surface area contributed by atoms with Crippen molar-refractivity contribution in [3.8, 4) is 0 Å². The fourth-order valence-electron chi connectivity index (χ4n) is 2.59. The van der Waals surface area contributed by atoms with E-state index in [4.69, 9.17) is 4.42 Å². The first kappa shape index (κ1) is 22.2. The zero-order chi connectivity index (χ0) is 19.5. The summed E-state index contributed by atoms with van der Waals surface area (Å²) in [6.45, 7) is 11.9. The van der Waals surface area contributed by atoms with Crippen LogP contribution in [0.25, 0.3) is 0 Å². The van der Waals surface area contributed by atoms with Crippen LogP contribution in [0.3, 0.4) is 0 Å². The second kappa shape index (κ2) is 11.7. The van der Waals surface area contributed by atoms with E-state index in [0.29, 0.717) is 43.8 Å². The molecule has 1 heterocycles. The van der Waals surface area contributed by atoms with Crippen LogP contribution in [-0.2, 0) is 11.3 Å². The maximum Gasteiger partial charge on any atom is 0.273 e. The van der Waals surface area contributed by atoms with Crippen molar-refractivity contribution in [3.05, 3.63) is 17.8 Å². The van der Waals surface area contributed by atoms with Gasteiger partial charge in [0.25, 0.3) is 5.91 Å². The Morgan fingerprint density at radius 1 is 1.15 bits per heavy atom. The van der Waals surface area contributed by atoms with Crippen molar-refractivity contribution >= 4 is 11.8 Å². The SMILES string of the molecule is CCCCCCC(=O)N(Cc1nc(C(=O)NCC(C)C)co1)CC(C)C. The third-order valence-corrected chi connectivity index (χ3v) is 3.96. The van der Waals surface area contributed by atoms with Gasteiger partial charge in [0.05, 0.1) is 6.54 Å². The highest BCUT2D eigenvalue weighted by molar-refractivity contribution is 5.91. The molecule has 26 heavy (non-hydrogen) atoms. The van der Waals surface area contributed by atoms with Gasteiger partial charge in [-0.2, -0.15) is 0 Å². The number of aromatic nitrogens is 1. The molecule has 148 valence electrons. The standard InChI is InChI=1S/C20H35N3O3/c1-6-7-8-9-10-19(24)23(12-16(4)5)13-18-22-17(14-26-18)20(25)21-11-15(2)3/h14-16H,6-13H2,1-5H3,(H,21,25). The van der Waals surface area contributed by atoms with E-state index in [0.717, 1.165) is 25.7 Å². The van der Waals surface area contributed by atoms with Crippen LogP contribution >= 0.6 is 0 Å². The lowest BCUT2D eigenvalue weighted by atomic mass is 10.1. The lowest BCUT2D eigenvalue weighted by Crippen LogP contribution is -2.33. The smallest absolute Gasteiger partial charge is 0.273 e. The van der Waals surface area contributed by atoms with Crippen LogP contribution < -0.4 is 5.32 Å². The predicted octanol–water partition coefficient (Wildman–Crippen LogP) is 4.02. The van der Waals surface area contributed by atoms with Gasteiger partial charge in [0.2, 0.25) is 11.8 Å². The first-order valence-corrected chi connectivity index (χ1v) is 9.83. The summed E-state index contributed by atoms with van der Waals surface area (Å²) in [7, 11) is 0. The number of nitrogens with zero attached hydrogens (tertiary/aromatic N) is 2. The number of amides is 2. The molecular formula is C20H35N3O3. The van der Waals surface area contributed by atoms with Gasteiger partial charge in [0.1, 0.15) is 6.26 Å². The number of hydrogen-bond acceptors (Lipinski definition) is 4. The number of unbranched alkanes of at least 4 members (excludes halogenated alkanes) is 3. The normalized spacial score (nSPS) is 11.2. The van der Waals surface area contributed by atoms with E-state index >= 15 is 0 Å². The molecule has 0 saturated heterocycles. The van der Waals surface area contributed by atoms with Gasteiger partial charge in [-0.1, -0.05) is 53.9 Å². The Bertz CT molecular complexity index is 552. The van der Waals surface area contributed by atoms with Crippen LogP contribution in [0, 0.1) is 11.8 Å². The molecule has 0 spiro atoms. The maximum absolute atomic E-state index is 12.5. The monoisotopic (exact) mass is 365 g/mol. The lowest BCUT2D eigenvalue weighted by Gasteiger charge is -2.23. The summed E-state index contributed by atoms with van der Waals surface area (Å²) < 4.78 is 5.43. The van der Waals surface area contributed by atoms with Crippen LogP contribution in [0.15, 0.2) is 10.7 Å². The Kier molecular flexibility index (Phi) is 9.99. The van der Waals surface area contributed by atoms with Crippen LogP contribution in [0.2, 0.25) is 0 Å². The van der Waals surface area contributed by atoms with Crippen molar-refractivity contribution in [2.75, 3.05) is 13.1 Å². The molecule has 6 nitrogen and oxygen atoms in total. The van der Waals surface area contributed by atoms with Gasteiger partial charge in [-0.3, -0.25) is 9.59 Å². The summed E-state index contributed by atoms with van der Waals surface area (Å²) in [6.07, 6.45) is 6.22. The average molecular weight is 366 g/mol. The summed E-state index contributed by atoms with van der Waals surface area (Å²) in [5, 5.41) is 2.82. The van der Waals surface area contributed by atoms with Gasteiger partial charge in [-0.15, -0.1) is 0 Å². The molecule has 0 saturated carbocycles. The summed E-state index contributed by atoms with van der Waals surface area (Å²) in [5.74, 6) is 1.02. The van der Waals surface area contributed by atoms with Gasteiger partial charge in [0, 0.05) is 19.5 Å². The Hall–Kier alpha value is -1.85. The number of nitrogens with one attached hydrogen (secondary N) is 1. The van der Waals surface area contributed by atoms with Crippen LogP contribution in [0.5, 0.6) is 0 Å². The summed E-state index contributed by atoms with van der Waals surface area (Å²) >= 11 is 0. The second-order valence-corrected chi connectivity index (χ2v) is 7.71. The molecule has 1 aromatic rings. The first-order valence-electron chi connectivity index (χ1n) is 9.83. The molecule has 1 N–H and O–H groups in total. The Morgan fingerprint density at radius 2 is 1.88 bits per heavy atom. The number of hydrogen-bond donors (Lipinski definition) is 1. The zero-order valence-electron chi connectivity index (χ0n) is 17.0. The van der Waals surface area contributed by atoms with E-state index in [1.165, 1.54) is 6.26 Å². The highest BCUT2D eigenvalue weighted by atomic mass is 16.3. The molecule has 1 aromatic heterocycles. The summed E-state index contributed by atoms with van der Waals surface area (Å²) in [6, 6.07) is 0. The van der Waals surface area contributed by atoms with Crippen LogP contribution in [0.4, 0.5) is 0 Å². The van der Waals surface area contributed by atoms with E-state index in [2.05, 4.69) is 31.1 Å². The van der Waals surface area contributed by atoms with Crippen molar-refractivity contribution in [1.82, 2.24) is 15.2 Å². The number of oxazole rings is 1. The van der Waals surface area contributed by atoms with Gasteiger partial charge in [-0.05, 0) is 18.3 Å². The maximum atomic E-state index is 12.5. The van der Waals surface area contributed by atoms with Crippen molar-refractivity contribution in [2.24, 2.45) is 11.8 Å². The van der Waals surface area contributed by atoms with Crippen LogP contribution in [0.1, 0.15) is 83.1 Å². The summed E-state index contributed by atoms with van der Waals surface area (Å²) in [4.78, 5) is 30.6. The molecule has 0 aliphatic heterocycles. The number of carbonyl (C=O) groups is 2. The van der Waals surface area contributed by atoms with E-state index in [1.54, 1.807) is 4.90 Å². The van der Waals surface area contributed by atoms with E-state index in [1.807, 2.05) is 13.8 Å². The quantitative estimate of drug-likeness (QED) is 0.568. The third-order valence-electron chi connectivity index (χ3n) is 3.96. The van der Waals surface area contributed by atoms with Crippen molar-refractivity contribution in [3.63, 3.8) is 0 Å². The van der Waals surface area contributed by atoms with Crippen LogP contribution in [-0.4, -0.2) is 34.8 Å². The molecule has 0 aliphatic carbocycles. The fourth-order valence-corrected chi connectivity index (χ4v) is 2.59. The van der Waals surface area contributed by atoms with Crippen molar-refractivity contribution in [1.29, 1.82) is 0 Å². The zero-order valence-corrected chi connectivity index (χ0v) is 17.0. The molecular weight excluding hydrogens is 330 g/mol. The molecule has 1 rings (SSSR count). The van der Waals surface area contributed by atoms with E-state index < -0.39 is 0 Å². The number of carbonyl (C=O) groups excluding carboxylic acids is 2. The van der Waals surface area contributed by atoms with Crippen molar-refractivity contribution < 1.29 is 14.0 Å². The van der Waals surface area contributed by atoms with Gasteiger partial charge < -0.3 is 14.6 Å². The minimum Gasteiger partial charge on any atom is -0.446 e. The summed E-state index contributed by atoms with van der Waals surface area (Å²) in [5.41, 5.74) is 0.264. The largest absolute Gasteiger partial charge is 0.446 e. The predicted molar refractivity (Wildman–Crippen MR) is 103 cm³/mol. The minimum absolute atomic E-state index is 0.124. The molecule has 0 aromatic carbocycles. The van der Waals surface area contributed by atoms with Gasteiger partial charge >= 0.3 is 0 Å². The number of rotatable bonds is 12. The Balaban J connectivity index is 2.64. The first-order chi connectivity index (χ1) is 12.3. The van der Waals surface area contributed by atoms with Crippen molar-refractivity contribution in [2.45, 2.75) is 73.3 Å². The van der Waals surface area contributed by atoms with Gasteiger partial charge in [0.15, 0.2) is 5.69 Å². The van der Waals surface area contributed by atoms with E-state index in [-0.39, 0.29) is 17.5 Å². The van der Waals surface area contributed by atoms with E-state index in [9.17, 15) is 9.59 Å². The third kappa shape index (κ3) is 8.50. The average Bonchev–Trinajstić information content (AvgIpc) is 3.04. The highest BCUT2D eigenvalue weighted by Crippen LogP contribution is 2.12. The minimum atomic E-state index is -0.241. The lowest BCUT2D eigenvalue weighted by molar-refractivity contribution is -0.132. The molecule has 0 aliphatic rings. The molecule has 0 fully saturated rings. The second-order valence-electron chi connectivity index (χ2n) is 7.71. The molecule has 6 heteroatoms. The topological polar surface area (TPSA) is 75.4 Å². The Morgan fingerprint density at radius 3 is 2.50 bits per heavy atom. The Labute approximate surface area is 157 Å². The fraction of sp³-hybridized carbons (Fsp3) is 0.750. The molecule has 2 amide bonds. The molecule has 0 unspecified atom stereocenters. The molecule has 0 radical (unpaired) electrons. The van der Waals surface area contributed by atoms with Gasteiger partial charge in [-0.25, -0.2) is 4.98 Å².